The zero-order valence-corrected chi connectivity index (χ0v) is 19.3. The fraction of sp³-hybridized carbons (Fsp3) is 0.423. The molecular weight excluding hydrogens is 477 g/mol. The quantitative estimate of drug-likeness (QED) is 0.603. The zero-order valence-electron chi connectivity index (χ0n) is 19.3. The lowest BCUT2D eigenvalue weighted by Gasteiger charge is -2.47. The second kappa shape index (κ2) is 9.15. The van der Waals surface area contributed by atoms with Crippen molar-refractivity contribution in [3.05, 3.63) is 65.2 Å². The van der Waals surface area contributed by atoms with Crippen molar-refractivity contribution < 1.29 is 37.4 Å². The Bertz CT molecular complexity index is 1180. The van der Waals surface area contributed by atoms with Crippen LogP contribution < -0.4 is 4.90 Å². The van der Waals surface area contributed by atoms with E-state index < -0.39 is 36.3 Å². The van der Waals surface area contributed by atoms with E-state index in [4.69, 9.17) is 9.84 Å². The van der Waals surface area contributed by atoms with Crippen molar-refractivity contribution in [1.82, 2.24) is 4.90 Å². The van der Waals surface area contributed by atoms with Crippen LogP contribution in [0.2, 0.25) is 0 Å². The van der Waals surface area contributed by atoms with Crippen LogP contribution in [0.15, 0.2) is 48.5 Å². The lowest BCUT2D eigenvalue weighted by molar-refractivity contribution is -0.141. The van der Waals surface area contributed by atoms with E-state index in [1.54, 1.807) is 21.9 Å². The lowest BCUT2D eigenvalue weighted by Crippen LogP contribution is -2.53. The average Bonchev–Trinajstić information content (AvgIpc) is 3.57. The SMILES string of the molecule is O=C(O)COC(=O)N(C1CC1)C1c2ccccc2N(C(=O)c2ccc(C(F)(F)F)cc2)C2CCCC21. The molecule has 0 aromatic heterocycles. The Hall–Kier alpha value is -3.56. The van der Waals surface area contributed by atoms with E-state index in [9.17, 15) is 27.6 Å². The first-order chi connectivity index (χ1) is 17.2. The van der Waals surface area contributed by atoms with Crippen LogP contribution in [0.4, 0.5) is 23.7 Å². The number of amides is 2. The van der Waals surface area contributed by atoms with E-state index in [0.717, 1.165) is 43.4 Å². The fourth-order valence-electron chi connectivity index (χ4n) is 5.62. The van der Waals surface area contributed by atoms with Crippen molar-refractivity contribution in [2.24, 2.45) is 5.92 Å². The molecular formula is C26H25F3N2O5. The van der Waals surface area contributed by atoms with Crippen molar-refractivity contribution >= 4 is 23.7 Å². The van der Waals surface area contributed by atoms with Gasteiger partial charge in [-0.25, -0.2) is 9.59 Å². The van der Waals surface area contributed by atoms with Gasteiger partial charge in [0.15, 0.2) is 6.61 Å². The van der Waals surface area contributed by atoms with Crippen molar-refractivity contribution in [2.75, 3.05) is 11.5 Å². The fourth-order valence-corrected chi connectivity index (χ4v) is 5.62. The second-order valence-electron chi connectivity index (χ2n) is 9.50. The number of halogens is 3. The van der Waals surface area contributed by atoms with Gasteiger partial charge in [0, 0.05) is 29.3 Å². The van der Waals surface area contributed by atoms with E-state index in [-0.39, 0.29) is 29.6 Å². The maximum Gasteiger partial charge on any atom is 0.416 e. The normalized spacial score (nSPS) is 23.0. The number of alkyl halides is 3. The van der Waals surface area contributed by atoms with Crippen molar-refractivity contribution in [2.45, 2.75) is 56.4 Å². The van der Waals surface area contributed by atoms with Crippen LogP contribution in [-0.4, -0.2) is 46.7 Å². The number of hydrogen-bond donors (Lipinski definition) is 1. The molecule has 1 N–H and O–H groups in total. The number of ether oxygens (including phenoxy) is 1. The summed E-state index contributed by atoms with van der Waals surface area (Å²) >= 11 is 0. The summed E-state index contributed by atoms with van der Waals surface area (Å²) in [5.41, 5.74) is 0.686. The Morgan fingerprint density at radius 3 is 2.33 bits per heavy atom. The summed E-state index contributed by atoms with van der Waals surface area (Å²) in [6.45, 7) is -0.733. The molecule has 36 heavy (non-hydrogen) atoms. The van der Waals surface area contributed by atoms with Crippen LogP contribution >= 0.6 is 0 Å². The summed E-state index contributed by atoms with van der Waals surface area (Å²) in [5.74, 6) is -1.75. The van der Waals surface area contributed by atoms with Crippen LogP contribution in [0.25, 0.3) is 0 Å². The van der Waals surface area contributed by atoms with Gasteiger partial charge in [-0.05, 0) is 61.6 Å². The topological polar surface area (TPSA) is 87.2 Å². The summed E-state index contributed by atoms with van der Waals surface area (Å²) in [6, 6.07) is 10.7. The number of hydrogen-bond acceptors (Lipinski definition) is 4. The minimum Gasteiger partial charge on any atom is -0.479 e. The molecule has 2 fully saturated rings. The number of rotatable bonds is 5. The number of anilines is 1. The summed E-state index contributed by atoms with van der Waals surface area (Å²) in [6.07, 6.45) is -1.36. The molecule has 3 unspecified atom stereocenters. The van der Waals surface area contributed by atoms with Crippen molar-refractivity contribution in [3.8, 4) is 0 Å². The first-order valence-electron chi connectivity index (χ1n) is 11.9. The third-order valence-corrected chi connectivity index (χ3v) is 7.23. The molecule has 2 aliphatic carbocycles. The van der Waals surface area contributed by atoms with Gasteiger partial charge in [0.2, 0.25) is 0 Å². The number of carboxylic acid groups (broad SMARTS) is 1. The van der Waals surface area contributed by atoms with Gasteiger partial charge in [-0.1, -0.05) is 24.6 Å². The van der Waals surface area contributed by atoms with Gasteiger partial charge < -0.3 is 14.7 Å². The molecule has 0 saturated heterocycles. The smallest absolute Gasteiger partial charge is 0.416 e. The molecule has 2 saturated carbocycles. The lowest BCUT2D eigenvalue weighted by atomic mass is 9.81. The summed E-state index contributed by atoms with van der Waals surface area (Å²) in [5, 5.41) is 8.98. The largest absolute Gasteiger partial charge is 0.479 e. The minimum absolute atomic E-state index is 0.0669. The molecule has 0 spiro atoms. The van der Waals surface area contributed by atoms with E-state index >= 15 is 0 Å². The monoisotopic (exact) mass is 502 g/mol. The molecule has 2 aromatic carbocycles. The highest BCUT2D eigenvalue weighted by Crippen LogP contribution is 2.52. The predicted octanol–water partition coefficient (Wildman–Crippen LogP) is 5.26. The van der Waals surface area contributed by atoms with E-state index in [2.05, 4.69) is 0 Å². The number of nitrogens with zero attached hydrogens (tertiary/aromatic N) is 2. The Kier molecular flexibility index (Phi) is 6.13. The summed E-state index contributed by atoms with van der Waals surface area (Å²) < 4.78 is 44.2. The van der Waals surface area contributed by atoms with Crippen LogP contribution in [0, 0.1) is 5.92 Å². The number of carbonyl (C=O) groups is 3. The van der Waals surface area contributed by atoms with Gasteiger partial charge in [0.25, 0.3) is 5.91 Å². The number of benzene rings is 2. The van der Waals surface area contributed by atoms with Gasteiger partial charge in [-0.3, -0.25) is 9.69 Å². The zero-order chi connectivity index (χ0) is 25.6. The average molecular weight is 502 g/mol. The minimum atomic E-state index is -4.50. The Morgan fingerprint density at radius 1 is 1.00 bits per heavy atom. The number of aliphatic carboxylic acids is 1. The summed E-state index contributed by atoms with van der Waals surface area (Å²) in [4.78, 5) is 41.0. The highest BCUT2D eigenvalue weighted by Gasteiger charge is 2.52. The number of fused-ring (bicyclic) bond motifs is 2. The van der Waals surface area contributed by atoms with Crippen LogP contribution in [0.5, 0.6) is 0 Å². The molecule has 2 amide bonds. The third-order valence-electron chi connectivity index (χ3n) is 7.23. The maximum absolute atomic E-state index is 13.7. The number of carbonyl (C=O) groups excluding carboxylic acids is 2. The molecule has 10 heteroatoms. The molecule has 2 aromatic rings. The number of carboxylic acids is 1. The third kappa shape index (κ3) is 4.40. The van der Waals surface area contributed by atoms with Crippen LogP contribution in [0.1, 0.15) is 59.6 Å². The highest BCUT2D eigenvalue weighted by molar-refractivity contribution is 6.07. The predicted molar refractivity (Wildman–Crippen MR) is 122 cm³/mol. The Labute approximate surface area is 205 Å². The molecule has 1 aliphatic heterocycles. The highest BCUT2D eigenvalue weighted by atomic mass is 19.4. The molecule has 0 radical (unpaired) electrons. The van der Waals surface area contributed by atoms with Gasteiger partial charge in [-0.15, -0.1) is 0 Å². The van der Waals surface area contributed by atoms with Gasteiger partial charge in [-0.2, -0.15) is 13.2 Å². The Balaban J connectivity index is 1.52. The first kappa shape index (κ1) is 24.1. The Morgan fingerprint density at radius 2 is 1.69 bits per heavy atom. The second-order valence-corrected chi connectivity index (χ2v) is 9.50. The van der Waals surface area contributed by atoms with E-state index in [0.29, 0.717) is 12.1 Å². The molecule has 0 bridgehead atoms. The summed E-state index contributed by atoms with van der Waals surface area (Å²) in [7, 11) is 0. The molecule has 3 aliphatic rings. The van der Waals surface area contributed by atoms with Crippen molar-refractivity contribution in [1.29, 1.82) is 0 Å². The van der Waals surface area contributed by atoms with E-state index in [1.165, 1.54) is 12.1 Å². The van der Waals surface area contributed by atoms with Crippen molar-refractivity contribution in [3.63, 3.8) is 0 Å². The molecule has 3 atom stereocenters. The molecule has 190 valence electrons. The van der Waals surface area contributed by atoms with Crippen LogP contribution in [0.3, 0.4) is 0 Å². The first-order valence-corrected chi connectivity index (χ1v) is 11.9. The maximum atomic E-state index is 13.7. The van der Waals surface area contributed by atoms with Crippen LogP contribution in [-0.2, 0) is 15.7 Å². The molecule has 5 rings (SSSR count). The van der Waals surface area contributed by atoms with Gasteiger partial charge in [0.1, 0.15) is 0 Å². The standard InChI is InChI=1S/C26H25F3N2O5/c27-26(28,29)16-10-8-15(9-11-16)24(34)31-20-6-2-1-4-18(20)23(19-5-3-7-21(19)31)30(17-12-13-17)25(35)36-14-22(32)33/h1-2,4,6,8-11,17,19,21,23H,3,5,7,12-14H2,(H,32,33). The number of para-hydroxylation sites is 1. The van der Waals surface area contributed by atoms with Gasteiger partial charge >= 0.3 is 18.2 Å². The van der Waals surface area contributed by atoms with Gasteiger partial charge in [0.05, 0.1) is 11.6 Å². The molecule has 1 heterocycles. The van der Waals surface area contributed by atoms with E-state index in [1.807, 2.05) is 12.1 Å². The molecule has 7 nitrogen and oxygen atoms in total.